The van der Waals surface area contributed by atoms with Gasteiger partial charge in [-0.2, -0.15) is 0 Å². The Balaban J connectivity index is 1.39. The van der Waals surface area contributed by atoms with Gasteiger partial charge in [0, 0.05) is 25.5 Å². The predicted molar refractivity (Wildman–Crippen MR) is 152 cm³/mol. The van der Waals surface area contributed by atoms with E-state index in [-0.39, 0.29) is 30.5 Å². The summed E-state index contributed by atoms with van der Waals surface area (Å²) < 4.78 is 28.0. The molecule has 10 heteroatoms. The maximum absolute atomic E-state index is 14.7. The van der Waals surface area contributed by atoms with E-state index in [0.29, 0.717) is 49.6 Å². The summed E-state index contributed by atoms with van der Waals surface area (Å²) in [5.74, 6) is 0.199. The molecule has 3 aliphatic rings. The van der Waals surface area contributed by atoms with Crippen LogP contribution < -0.4 is 20.5 Å². The van der Waals surface area contributed by atoms with Crippen molar-refractivity contribution in [1.82, 2.24) is 19.8 Å². The van der Waals surface area contributed by atoms with Crippen LogP contribution in [0.2, 0.25) is 0 Å². The molecule has 4 heterocycles. The molecule has 1 unspecified atom stereocenters. The van der Waals surface area contributed by atoms with Crippen LogP contribution in [-0.2, 0) is 29.0 Å². The van der Waals surface area contributed by atoms with Gasteiger partial charge >= 0.3 is 5.69 Å². The monoisotopic (exact) mass is 568 g/mol. The first kappa shape index (κ1) is 27.2. The van der Waals surface area contributed by atoms with Gasteiger partial charge in [0.05, 0.1) is 19.1 Å². The van der Waals surface area contributed by atoms with Gasteiger partial charge in [0.1, 0.15) is 18.0 Å². The molecular weight excluding hydrogens is 539 g/mol. The van der Waals surface area contributed by atoms with E-state index in [1.54, 1.807) is 35.4 Å². The summed E-state index contributed by atoms with van der Waals surface area (Å²) in [7, 11) is 0. The molecule has 2 amide bonds. The highest BCUT2D eigenvalue weighted by molar-refractivity contribution is 5.79. The van der Waals surface area contributed by atoms with Gasteiger partial charge < -0.3 is 19.7 Å². The minimum absolute atomic E-state index is 0.0327. The van der Waals surface area contributed by atoms with Crippen LogP contribution in [0.1, 0.15) is 34.7 Å². The molecule has 1 aromatic heterocycles. The Kier molecular flexibility index (Phi) is 7.68. The second-order valence-corrected chi connectivity index (χ2v) is 10.3. The second kappa shape index (κ2) is 11.9. The van der Waals surface area contributed by atoms with Crippen molar-refractivity contribution in [3.63, 3.8) is 0 Å². The van der Waals surface area contributed by atoms with E-state index in [4.69, 9.17) is 9.47 Å². The number of nitrogens with one attached hydrogen (secondary N) is 1. The van der Waals surface area contributed by atoms with Crippen LogP contribution in [0, 0.1) is 5.82 Å². The van der Waals surface area contributed by atoms with Crippen LogP contribution in [0.3, 0.4) is 0 Å². The van der Waals surface area contributed by atoms with Crippen LogP contribution in [0.5, 0.6) is 17.2 Å². The number of hydrogen-bond acceptors (Lipinski definition) is 6. The highest BCUT2D eigenvalue weighted by Crippen LogP contribution is 2.39. The number of carbonyl (C=O) groups is 2. The number of halogens is 1. The molecule has 7 rings (SSSR count). The van der Waals surface area contributed by atoms with E-state index < -0.39 is 17.5 Å². The highest BCUT2D eigenvalue weighted by Gasteiger charge is 2.33. The first-order valence-electron chi connectivity index (χ1n) is 13.8. The maximum atomic E-state index is 14.7. The van der Waals surface area contributed by atoms with Gasteiger partial charge in [-0.3, -0.25) is 14.2 Å². The number of aromatic nitrogens is 2. The lowest BCUT2D eigenvalue weighted by atomic mass is 9.87. The molecule has 0 spiro atoms. The summed E-state index contributed by atoms with van der Waals surface area (Å²) >= 11 is 0. The van der Waals surface area contributed by atoms with Crippen molar-refractivity contribution in [3.8, 4) is 17.2 Å². The Morgan fingerprint density at radius 1 is 1.05 bits per heavy atom. The minimum Gasteiger partial charge on any atom is -0.494 e. The molecule has 0 saturated heterocycles. The molecule has 3 aromatic carbocycles. The Morgan fingerprint density at radius 2 is 1.95 bits per heavy atom. The van der Waals surface area contributed by atoms with Gasteiger partial charge in [-0.15, -0.1) is 0 Å². The Hall–Kier alpha value is -4.99. The summed E-state index contributed by atoms with van der Waals surface area (Å²) in [6, 6.07) is 18.7. The van der Waals surface area contributed by atoms with Gasteiger partial charge in [-0.1, -0.05) is 24.3 Å². The largest absolute Gasteiger partial charge is 0.494 e. The Bertz CT molecular complexity index is 1700. The molecular formula is C32H29FN4O5. The molecule has 8 bridgehead atoms. The van der Waals surface area contributed by atoms with Crippen LogP contribution in [0.25, 0.3) is 0 Å². The van der Waals surface area contributed by atoms with Gasteiger partial charge in [0.25, 0.3) is 0 Å². The quantitative estimate of drug-likeness (QED) is 0.395. The fraction of sp³-hybridized carbons (Fsp3) is 0.250. The smallest absolute Gasteiger partial charge is 0.347 e. The zero-order chi connectivity index (χ0) is 29.1. The summed E-state index contributed by atoms with van der Waals surface area (Å²) in [5.41, 5.74) is 2.85. The third kappa shape index (κ3) is 5.88. The molecule has 214 valence electrons. The third-order valence-electron chi connectivity index (χ3n) is 7.43. The number of benzene rings is 3. The molecule has 1 atom stereocenters. The molecule has 0 saturated carbocycles. The minimum atomic E-state index is -0.531. The number of carbonyl (C=O) groups excluding carboxylic acids is 2. The number of nitrogens with zero attached hydrogens (tertiary/aromatic N) is 3. The van der Waals surface area contributed by atoms with Gasteiger partial charge in [-0.05, 0) is 77.6 Å². The van der Waals surface area contributed by atoms with Crippen molar-refractivity contribution in [2.24, 2.45) is 0 Å². The topological polar surface area (TPSA) is 103 Å². The summed E-state index contributed by atoms with van der Waals surface area (Å²) in [4.78, 5) is 43.9. The molecule has 4 aromatic rings. The van der Waals surface area contributed by atoms with Crippen molar-refractivity contribution in [2.75, 3.05) is 19.7 Å². The zero-order valence-electron chi connectivity index (χ0n) is 22.8. The molecule has 3 aliphatic heterocycles. The van der Waals surface area contributed by atoms with E-state index in [2.05, 4.69) is 10.3 Å². The molecule has 42 heavy (non-hydrogen) atoms. The third-order valence-corrected chi connectivity index (χ3v) is 7.43. The van der Waals surface area contributed by atoms with E-state index >= 15 is 0 Å². The molecule has 1 N–H and O–H groups in total. The van der Waals surface area contributed by atoms with Crippen molar-refractivity contribution in [1.29, 1.82) is 0 Å². The summed E-state index contributed by atoms with van der Waals surface area (Å²) in [6.07, 6.45) is 4.17. The zero-order valence-corrected chi connectivity index (χ0v) is 22.8. The first-order chi connectivity index (χ1) is 20.4. The number of hydrogen-bond donors (Lipinski definition) is 1. The van der Waals surface area contributed by atoms with E-state index in [0.717, 1.165) is 16.7 Å². The lowest BCUT2D eigenvalue weighted by Crippen LogP contribution is -2.43. The standard InChI is InChI=1S/C32H29FN4O5/c33-27-9-6-21-16-28(27)42-25-7-8-26-22(18-25)10-14-37(30(39)20-36-13-2-11-35-32(36)40)31(26)23-4-1-5-24(19-23)41-15-3-12-34-29(38)17-21/h1-2,4-9,11,13,16,18-19,31H,3,10,12,14-15,17,20H2,(H,34,38). The average molecular weight is 569 g/mol. The Labute approximate surface area is 241 Å². The summed E-state index contributed by atoms with van der Waals surface area (Å²) in [5, 5.41) is 2.87. The van der Waals surface area contributed by atoms with Crippen LogP contribution >= 0.6 is 0 Å². The van der Waals surface area contributed by atoms with E-state index in [1.165, 1.54) is 16.8 Å². The fourth-order valence-electron chi connectivity index (χ4n) is 5.41. The predicted octanol–water partition coefficient (Wildman–Crippen LogP) is 3.79. The first-order valence-corrected chi connectivity index (χ1v) is 13.8. The number of amides is 2. The van der Waals surface area contributed by atoms with Gasteiger partial charge in [0.15, 0.2) is 11.6 Å². The average Bonchev–Trinajstić information content (AvgIpc) is 2.99. The van der Waals surface area contributed by atoms with Gasteiger partial charge in [-0.25, -0.2) is 14.2 Å². The molecule has 0 aliphatic carbocycles. The normalized spacial score (nSPS) is 16.7. The number of rotatable bonds is 2. The second-order valence-electron chi connectivity index (χ2n) is 10.3. The van der Waals surface area contributed by atoms with Crippen molar-refractivity contribution in [3.05, 3.63) is 118 Å². The Morgan fingerprint density at radius 3 is 2.83 bits per heavy atom. The van der Waals surface area contributed by atoms with Crippen LogP contribution in [0.15, 0.2) is 83.9 Å². The number of ether oxygens (including phenoxy) is 2. The van der Waals surface area contributed by atoms with Crippen LogP contribution in [0.4, 0.5) is 4.39 Å². The SMILES string of the molecule is O=C1Cc2ccc(F)c(c2)Oc2ccc3c(c2)CCN(C(=O)Cn2cccnc2=O)C3c2cccc(c2)OCCCN1. The summed E-state index contributed by atoms with van der Waals surface area (Å²) in [6.45, 7) is 1.07. The van der Waals surface area contributed by atoms with Crippen LogP contribution in [-0.4, -0.2) is 46.0 Å². The van der Waals surface area contributed by atoms with Crippen molar-refractivity contribution in [2.45, 2.75) is 31.8 Å². The lowest BCUT2D eigenvalue weighted by molar-refractivity contribution is -0.134. The number of fused-ring (bicyclic) bond motifs is 7. The highest BCUT2D eigenvalue weighted by atomic mass is 19.1. The lowest BCUT2D eigenvalue weighted by Gasteiger charge is -2.38. The van der Waals surface area contributed by atoms with Crippen molar-refractivity contribution < 1.29 is 23.5 Å². The van der Waals surface area contributed by atoms with Crippen molar-refractivity contribution >= 4 is 11.8 Å². The fourth-order valence-corrected chi connectivity index (χ4v) is 5.41. The maximum Gasteiger partial charge on any atom is 0.347 e. The molecule has 0 radical (unpaired) electrons. The van der Waals surface area contributed by atoms with Gasteiger partial charge in [0.2, 0.25) is 11.8 Å². The molecule has 0 fully saturated rings. The molecule has 9 nitrogen and oxygen atoms in total. The van der Waals surface area contributed by atoms with E-state index in [9.17, 15) is 18.8 Å². The van der Waals surface area contributed by atoms with E-state index in [1.807, 2.05) is 36.4 Å².